The fourth-order valence-corrected chi connectivity index (χ4v) is 3.85. The second-order valence-corrected chi connectivity index (χ2v) is 7.25. The quantitative estimate of drug-likeness (QED) is 0.709. The lowest BCUT2D eigenvalue weighted by Gasteiger charge is -2.34. The van der Waals surface area contributed by atoms with Crippen LogP contribution in [0.15, 0.2) is 0 Å². The predicted molar refractivity (Wildman–Crippen MR) is 87.8 cm³/mol. The van der Waals surface area contributed by atoms with Crippen LogP contribution in [0.5, 0.6) is 0 Å². The van der Waals surface area contributed by atoms with E-state index in [0.717, 1.165) is 0 Å². The lowest BCUT2D eigenvalue weighted by Crippen LogP contribution is -2.49. The van der Waals surface area contributed by atoms with Crippen molar-refractivity contribution in [3.8, 4) is 0 Å². The average molecular weight is 368 g/mol. The van der Waals surface area contributed by atoms with Gasteiger partial charge in [-0.05, 0) is 12.8 Å². The second kappa shape index (κ2) is 7.44. The Morgan fingerprint density at radius 2 is 2.04 bits per heavy atom. The van der Waals surface area contributed by atoms with Crippen molar-refractivity contribution in [2.24, 2.45) is 11.8 Å². The van der Waals surface area contributed by atoms with Crippen molar-refractivity contribution < 1.29 is 23.9 Å². The van der Waals surface area contributed by atoms with Gasteiger partial charge in [0.15, 0.2) is 0 Å². The van der Waals surface area contributed by atoms with Gasteiger partial charge in [0, 0.05) is 26.1 Å². The third-order valence-corrected chi connectivity index (χ3v) is 5.39. The zero-order chi connectivity index (χ0) is 18.0. The standard InChI is InChI=1S/C15H20N4O5S/c1-23-7-11-17-18-15(25-11)19-6-9(5-12(19)20)13(21)16-10-3-8(4-10)14(22)24-2/h8-10H,3-7H2,1-2H3,(H,16,21). The summed E-state index contributed by atoms with van der Waals surface area (Å²) in [5.41, 5.74) is 0. The Labute approximate surface area is 148 Å². The van der Waals surface area contributed by atoms with Gasteiger partial charge >= 0.3 is 5.97 Å². The molecule has 0 aromatic carbocycles. The van der Waals surface area contributed by atoms with Gasteiger partial charge in [-0.15, -0.1) is 10.2 Å². The van der Waals surface area contributed by atoms with Crippen molar-refractivity contribution in [1.29, 1.82) is 0 Å². The molecule has 3 rings (SSSR count). The molecule has 1 atom stereocenters. The molecule has 1 aromatic heterocycles. The highest BCUT2D eigenvalue weighted by atomic mass is 32.1. The van der Waals surface area contributed by atoms with Crippen molar-refractivity contribution in [1.82, 2.24) is 15.5 Å². The van der Waals surface area contributed by atoms with Crippen LogP contribution in [0.25, 0.3) is 0 Å². The molecule has 1 saturated carbocycles. The monoisotopic (exact) mass is 368 g/mol. The van der Waals surface area contributed by atoms with E-state index in [0.29, 0.717) is 36.1 Å². The maximum absolute atomic E-state index is 12.4. The summed E-state index contributed by atoms with van der Waals surface area (Å²) in [6.07, 6.45) is 1.32. The summed E-state index contributed by atoms with van der Waals surface area (Å²) in [6, 6.07) is -0.0319. The molecule has 1 unspecified atom stereocenters. The van der Waals surface area contributed by atoms with E-state index in [1.807, 2.05) is 0 Å². The summed E-state index contributed by atoms with van der Waals surface area (Å²) < 4.78 is 9.67. The van der Waals surface area contributed by atoms with Gasteiger partial charge in [0.05, 0.1) is 18.9 Å². The maximum Gasteiger partial charge on any atom is 0.308 e. The van der Waals surface area contributed by atoms with Crippen molar-refractivity contribution >= 4 is 34.3 Å². The van der Waals surface area contributed by atoms with Crippen LogP contribution in [0.3, 0.4) is 0 Å². The summed E-state index contributed by atoms with van der Waals surface area (Å²) >= 11 is 1.28. The van der Waals surface area contributed by atoms with E-state index in [4.69, 9.17) is 4.74 Å². The number of ether oxygens (including phenoxy) is 2. The summed E-state index contributed by atoms with van der Waals surface area (Å²) in [4.78, 5) is 37.4. The first-order chi connectivity index (χ1) is 12.0. The van der Waals surface area contributed by atoms with Crippen molar-refractivity contribution in [3.05, 3.63) is 5.01 Å². The number of anilines is 1. The van der Waals surface area contributed by atoms with Crippen LogP contribution in [-0.2, 0) is 30.5 Å². The molecular formula is C15H20N4O5S. The second-order valence-electron chi connectivity index (χ2n) is 6.21. The number of hydrogen-bond donors (Lipinski definition) is 1. The van der Waals surface area contributed by atoms with Gasteiger partial charge in [0.1, 0.15) is 11.6 Å². The van der Waals surface area contributed by atoms with Gasteiger partial charge < -0.3 is 14.8 Å². The molecule has 0 spiro atoms. The van der Waals surface area contributed by atoms with E-state index in [1.165, 1.54) is 23.3 Å². The smallest absolute Gasteiger partial charge is 0.308 e. The Kier molecular flexibility index (Phi) is 5.28. The third kappa shape index (κ3) is 3.79. The fourth-order valence-electron chi connectivity index (χ4n) is 3.02. The highest BCUT2D eigenvalue weighted by molar-refractivity contribution is 7.15. The molecule has 10 heteroatoms. The summed E-state index contributed by atoms with van der Waals surface area (Å²) in [7, 11) is 2.92. The van der Waals surface area contributed by atoms with Crippen LogP contribution < -0.4 is 10.2 Å². The minimum Gasteiger partial charge on any atom is -0.469 e. The molecule has 25 heavy (non-hydrogen) atoms. The number of methoxy groups -OCH3 is 2. The molecule has 9 nitrogen and oxygen atoms in total. The molecule has 2 aliphatic rings. The van der Waals surface area contributed by atoms with Crippen LogP contribution in [0, 0.1) is 11.8 Å². The summed E-state index contributed by atoms with van der Waals surface area (Å²) in [5.74, 6) is -1.10. The number of nitrogens with one attached hydrogen (secondary N) is 1. The van der Waals surface area contributed by atoms with E-state index in [2.05, 4.69) is 20.3 Å². The van der Waals surface area contributed by atoms with E-state index in [9.17, 15) is 14.4 Å². The highest BCUT2D eigenvalue weighted by Crippen LogP contribution is 2.31. The lowest BCUT2D eigenvalue weighted by atomic mass is 9.80. The maximum atomic E-state index is 12.4. The summed E-state index contributed by atoms with van der Waals surface area (Å²) in [5, 5.41) is 12.0. The van der Waals surface area contributed by atoms with Gasteiger partial charge in [-0.3, -0.25) is 19.3 Å². The highest BCUT2D eigenvalue weighted by Gasteiger charge is 2.40. The number of carbonyl (C=O) groups excluding carboxylic acids is 3. The van der Waals surface area contributed by atoms with Gasteiger partial charge in [-0.25, -0.2) is 0 Å². The molecule has 0 radical (unpaired) electrons. The van der Waals surface area contributed by atoms with Gasteiger partial charge in [-0.2, -0.15) is 0 Å². The van der Waals surface area contributed by atoms with Crippen LogP contribution in [-0.4, -0.2) is 54.8 Å². The van der Waals surface area contributed by atoms with Crippen molar-refractivity contribution in [2.45, 2.75) is 31.9 Å². The number of carbonyl (C=O) groups is 3. The summed E-state index contributed by atoms with van der Waals surface area (Å²) in [6.45, 7) is 0.631. The van der Waals surface area contributed by atoms with Crippen molar-refractivity contribution in [2.75, 3.05) is 25.7 Å². The van der Waals surface area contributed by atoms with Crippen LogP contribution >= 0.6 is 11.3 Å². The molecule has 2 fully saturated rings. The zero-order valence-corrected chi connectivity index (χ0v) is 14.9. The van der Waals surface area contributed by atoms with E-state index in [1.54, 1.807) is 7.11 Å². The number of amides is 2. The first-order valence-corrected chi connectivity index (χ1v) is 8.83. The minimum atomic E-state index is -0.417. The van der Waals surface area contributed by atoms with E-state index >= 15 is 0 Å². The number of hydrogen-bond acceptors (Lipinski definition) is 8. The number of nitrogens with zero attached hydrogens (tertiary/aromatic N) is 3. The zero-order valence-electron chi connectivity index (χ0n) is 14.1. The molecule has 2 amide bonds. The van der Waals surface area contributed by atoms with Crippen LogP contribution in [0.4, 0.5) is 5.13 Å². The molecule has 2 heterocycles. The Hall–Kier alpha value is -2.07. The van der Waals surface area contributed by atoms with E-state index in [-0.39, 0.29) is 36.2 Å². The molecule has 0 bridgehead atoms. The first kappa shape index (κ1) is 17.7. The third-order valence-electron chi connectivity index (χ3n) is 4.47. The predicted octanol–water partition coefficient (Wildman–Crippen LogP) is 0.105. The largest absolute Gasteiger partial charge is 0.469 e. The normalized spacial score (nSPS) is 25.6. The van der Waals surface area contributed by atoms with Crippen molar-refractivity contribution in [3.63, 3.8) is 0 Å². The fraction of sp³-hybridized carbons (Fsp3) is 0.667. The first-order valence-electron chi connectivity index (χ1n) is 8.01. The van der Waals surface area contributed by atoms with E-state index < -0.39 is 5.92 Å². The van der Waals surface area contributed by atoms with Gasteiger partial charge in [0.2, 0.25) is 16.9 Å². The molecule has 1 aliphatic carbocycles. The Balaban J connectivity index is 1.52. The topological polar surface area (TPSA) is 111 Å². The average Bonchev–Trinajstić information content (AvgIpc) is 3.16. The SMILES string of the molecule is COCc1nnc(N2CC(C(=O)NC3CC(C(=O)OC)C3)CC2=O)s1. The number of aromatic nitrogens is 2. The Bertz CT molecular complexity index is 673. The lowest BCUT2D eigenvalue weighted by molar-refractivity contribution is -0.150. The minimum absolute atomic E-state index is 0.0319. The molecule has 136 valence electrons. The molecule has 1 saturated heterocycles. The molecular weight excluding hydrogens is 348 g/mol. The van der Waals surface area contributed by atoms with Crippen LogP contribution in [0.2, 0.25) is 0 Å². The molecule has 1 aliphatic heterocycles. The Morgan fingerprint density at radius 1 is 1.28 bits per heavy atom. The number of esters is 1. The molecule has 1 N–H and O–H groups in total. The molecule has 1 aromatic rings. The Morgan fingerprint density at radius 3 is 2.72 bits per heavy atom. The van der Waals surface area contributed by atoms with Crippen LogP contribution in [0.1, 0.15) is 24.3 Å². The van der Waals surface area contributed by atoms with Gasteiger partial charge in [-0.1, -0.05) is 11.3 Å². The van der Waals surface area contributed by atoms with Gasteiger partial charge in [0.25, 0.3) is 0 Å². The number of rotatable bonds is 6.